The minimum Gasteiger partial charge on any atom is -0.482 e. The van der Waals surface area contributed by atoms with Gasteiger partial charge in [0.1, 0.15) is 5.75 Å². The van der Waals surface area contributed by atoms with E-state index in [0.29, 0.717) is 13.0 Å². The number of aliphatic hydroxyl groups excluding tert-OH is 1. The lowest BCUT2D eigenvalue weighted by Crippen LogP contribution is -2.32. The van der Waals surface area contributed by atoms with Crippen LogP contribution in [0.3, 0.4) is 0 Å². The number of sulfonamides is 1. The van der Waals surface area contributed by atoms with Gasteiger partial charge in [0, 0.05) is 19.2 Å². The molecule has 0 aromatic heterocycles. The Labute approximate surface area is 152 Å². The molecule has 0 aliphatic heterocycles. The molecule has 0 bridgehead atoms. The molecule has 1 aromatic carbocycles. The maximum atomic E-state index is 12.4. The normalized spacial score (nSPS) is 15.3. The maximum absolute atomic E-state index is 12.4. The summed E-state index contributed by atoms with van der Waals surface area (Å²) >= 11 is 6.08. The fourth-order valence-corrected chi connectivity index (χ4v) is 4.23. The first-order chi connectivity index (χ1) is 11.9. The predicted molar refractivity (Wildman–Crippen MR) is 94.2 cm³/mol. The molecule has 1 fully saturated rings. The van der Waals surface area contributed by atoms with Gasteiger partial charge in [0.2, 0.25) is 10.0 Å². The Morgan fingerprint density at radius 2 is 2.04 bits per heavy atom. The van der Waals surface area contributed by atoms with Crippen molar-refractivity contribution in [2.24, 2.45) is 0 Å². The second kappa shape index (κ2) is 9.38. The largest absolute Gasteiger partial charge is 0.482 e. The fourth-order valence-electron chi connectivity index (χ4n) is 2.60. The number of ether oxygens (including phenoxy) is 1. The number of halogens is 1. The number of carbonyl (C=O) groups is 1. The van der Waals surface area contributed by atoms with Gasteiger partial charge in [-0.3, -0.25) is 4.79 Å². The third-order valence-corrected chi connectivity index (χ3v) is 5.72. The zero-order valence-corrected chi connectivity index (χ0v) is 15.4. The molecule has 140 valence electrons. The molecule has 2 rings (SSSR count). The van der Waals surface area contributed by atoms with Crippen molar-refractivity contribution < 1.29 is 23.1 Å². The average Bonchev–Trinajstić information content (AvgIpc) is 3.06. The van der Waals surface area contributed by atoms with Gasteiger partial charge in [-0.05, 0) is 37.5 Å². The Hall–Kier alpha value is -1.35. The Morgan fingerprint density at radius 1 is 1.32 bits per heavy atom. The number of amides is 1. The van der Waals surface area contributed by atoms with E-state index in [9.17, 15) is 13.2 Å². The summed E-state index contributed by atoms with van der Waals surface area (Å²) in [5.74, 6) is -0.108. The van der Waals surface area contributed by atoms with Gasteiger partial charge in [-0.2, -0.15) is 0 Å². The quantitative estimate of drug-likeness (QED) is 0.553. The molecule has 0 heterocycles. The van der Waals surface area contributed by atoms with Gasteiger partial charge in [0.05, 0.1) is 9.92 Å². The van der Waals surface area contributed by atoms with Crippen molar-refractivity contribution in [2.45, 2.75) is 43.0 Å². The molecule has 0 unspecified atom stereocenters. The van der Waals surface area contributed by atoms with Crippen LogP contribution < -0.4 is 14.8 Å². The van der Waals surface area contributed by atoms with E-state index in [4.69, 9.17) is 21.4 Å². The number of hydrogen-bond acceptors (Lipinski definition) is 5. The van der Waals surface area contributed by atoms with E-state index in [0.717, 1.165) is 25.7 Å². The molecule has 1 aliphatic rings. The van der Waals surface area contributed by atoms with E-state index >= 15 is 0 Å². The number of aliphatic hydroxyl groups is 1. The fraction of sp³-hybridized carbons (Fsp3) is 0.562. The van der Waals surface area contributed by atoms with Gasteiger partial charge in [-0.1, -0.05) is 24.4 Å². The Balaban J connectivity index is 1.94. The van der Waals surface area contributed by atoms with E-state index < -0.39 is 10.0 Å². The van der Waals surface area contributed by atoms with Crippen molar-refractivity contribution >= 4 is 27.5 Å². The standard InChI is InChI=1S/C16H23ClN2O5S/c17-14-10-13(25(22,23)19-12-4-1-2-5-12)6-7-15(14)24-11-16(21)18-8-3-9-20/h6-7,10,12,19-20H,1-5,8-9,11H2,(H,18,21). The minimum atomic E-state index is -3.62. The summed E-state index contributed by atoms with van der Waals surface area (Å²) in [7, 11) is -3.62. The van der Waals surface area contributed by atoms with Crippen LogP contribution in [0.2, 0.25) is 5.02 Å². The van der Waals surface area contributed by atoms with Crippen LogP contribution in [0.25, 0.3) is 0 Å². The highest BCUT2D eigenvalue weighted by Crippen LogP contribution is 2.28. The topological polar surface area (TPSA) is 105 Å². The van der Waals surface area contributed by atoms with Gasteiger partial charge in [0.15, 0.2) is 6.61 Å². The predicted octanol–water partition coefficient (Wildman–Crippen LogP) is 1.44. The van der Waals surface area contributed by atoms with Crippen molar-refractivity contribution in [1.82, 2.24) is 10.0 Å². The Kier molecular flexibility index (Phi) is 7.49. The summed E-state index contributed by atoms with van der Waals surface area (Å²) in [5.41, 5.74) is 0. The van der Waals surface area contributed by atoms with Crippen LogP contribution >= 0.6 is 11.6 Å². The number of hydrogen-bond donors (Lipinski definition) is 3. The molecule has 1 aromatic rings. The molecule has 3 N–H and O–H groups in total. The van der Waals surface area contributed by atoms with Crippen LogP contribution in [0.4, 0.5) is 0 Å². The molecular weight excluding hydrogens is 368 g/mol. The number of carbonyl (C=O) groups excluding carboxylic acids is 1. The highest BCUT2D eigenvalue weighted by Gasteiger charge is 2.23. The first kappa shape index (κ1) is 20.0. The second-order valence-corrected chi connectivity index (χ2v) is 8.03. The van der Waals surface area contributed by atoms with E-state index in [1.807, 2.05) is 0 Å². The molecular formula is C16H23ClN2O5S. The third-order valence-electron chi connectivity index (χ3n) is 3.91. The molecule has 1 amide bonds. The highest BCUT2D eigenvalue weighted by molar-refractivity contribution is 7.89. The maximum Gasteiger partial charge on any atom is 0.257 e. The lowest BCUT2D eigenvalue weighted by molar-refractivity contribution is -0.123. The van der Waals surface area contributed by atoms with Crippen molar-refractivity contribution in [2.75, 3.05) is 19.8 Å². The van der Waals surface area contributed by atoms with Gasteiger partial charge in [-0.25, -0.2) is 13.1 Å². The SMILES string of the molecule is O=C(COc1ccc(S(=O)(=O)NC2CCCC2)cc1Cl)NCCCO. The summed E-state index contributed by atoms with van der Waals surface area (Å²) < 4.78 is 32.7. The number of benzene rings is 1. The molecule has 0 spiro atoms. The molecule has 7 nitrogen and oxygen atoms in total. The molecule has 0 radical (unpaired) electrons. The molecule has 25 heavy (non-hydrogen) atoms. The Morgan fingerprint density at radius 3 is 2.68 bits per heavy atom. The highest BCUT2D eigenvalue weighted by atomic mass is 35.5. The lowest BCUT2D eigenvalue weighted by Gasteiger charge is -2.14. The minimum absolute atomic E-state index is 0.00219. The van der Waals surface area contributed by atoms with Gasteiger partial charge in [0.25, 0.3) is 5.91 Å². The summed E-state index contributed by atoms with van der Waals surface area (Å²) in [6.07, 6.45) is 4.22. The van der Waals surface area contributed by atoms with E-state index in [1.165, 1.54) is 18.2 Å². The Bertz CT molecular complexity index is 690. The number of nitrogens with one attached hydrogen (secondary N) is 2. The lowest BCUT2D eigenvalue weighted by atomic mass is 10.3. The van der Waals surface area contributed by atoms with E-state index in [-0.39, 0.29) is 40.8 Å². The molecule has 1 saturated carbocycles. The smallest absolute Gasteiger partial charge is 0.257 e. The van der Waals surface area contributed by atoms with Gasteiger partial charge in [-0.15, -0.1) is 0 Å². The van der Waals surface area contributed by atoms with Crippen LogP contribution in [0.5, 0.6) is 5.75 Å². The van der Waals surface area contributed by atoms with Crippen LogP contribution in [-0.2, 0) is 14.8 Å². The van der Waals surface area contributed by atoms with E-state index in [2.05, 4.69) is 10.0 Å². The summed E-state index contributed by atoms with van der Waals surface area (Å²) in [4.78, 5) is 11.6. The molecule has 1 aliphatic carbocycles. The second-order valence-electron chi connectivity index (χ2n) is 5.91. The van der Waals surface area contributed by atoms with Crippen molar-refractivity contribution in [3.63, 3.8) is 0 Å². The summed E-state index contributed by atoms with van der Waals surface area (Å²) in [5, 5.41) is 11.3. The van der Waals surface area contributed by atoms with Crippen molar-refractivity contribution in [3.05, 3.63) is 23.2 Å². The van der Waals surface area contributed by atoms with Crippen molar-refractivity contribution in [3.8, 4) is 5.75 Å². The monoisotopic (exact) mass is 390 g/mol. The third kappa shape index (κ3) is 6.14. The van der Waals surface area contributed by atoms with Crippen LogP contribution in [0.15, 0.2) is 23.1 Å². The van der Waals surface area contributed by atoms with Crippen LogP contribution in [0.1, 0.15) is 32.1 Å². The molecule has 0 atom stereocenters. The summed E-state index contributed by atoms with van der Waals surface area (Å²) in [6.45, 7) is 0.117. The molecule has 0 saturated heterocycles. The van der Waals surface area contributed by atoms with Crippen molar-refractivity contribution in [1.29, 1.82) is 0 Å². The zero-order chi connectivity index (χ0) is 18.3. The summed E-state index contributed by atoms with van der Waals surface area (Å²) in [6, 6.07) is 4.13. The van der Waals surface area contributed by atoms with Gasteiger partial charge < -0.3 is 15.2 Å². The number of rotatable bonds is 9. The van der Waals surface area contributed by atoms with Crippen LogP contribution in [0, 0.1) is 0 Å². The first-order valence-electron chi connectivity index (χ1n) is 8.24. The average molecular weight is 391 g/mol. The first-order valence-corrected chi connectivity index (χ1v) is 10.1. The van der Waals surface area contributed by atoms with Crippen LogP contribution in [-0.4, -0.2) is 45.2 Å². The van der Waals surface area contributed by atoms with E-state index in [1.54, 1.807) is 0 Å². The molecule has 9 heteroatoms. The van der Waals surface area contributed by atoms with Gasteiger partial charge >= 0.3 is 0 Å². The zero-order valence-electron chi connectivity index (χ0n) is 13.8.